The minimum atomic E-state index is -0.581. The summed E-state index contributed by atoms with van der Waals surface area (Å²) in [5.41, 5.74) is 7.42. The quantitative estimate of drug-likeness (QED) is 0.147. The highest BCUT2D eigenvalue weighted by Crippen LogP contribution is 2.41. The van der Waals surface area contributed by atoms with Crippen LogP contribution in [-0.2, 0) is 24.9 Å². The van der Waals surface area contributed by atoms with E-state index in [1.54, 1.807) is 0 Å². The van der Waals surface area contributed by atoms with E-state index in [9.17, 15) is 0 Å². The Bertz CT molecular complexity index is 1740. The van der Waals surface area contributed by atoms with E-state index in [4.69, 9.17) is 21.6 Å². The highest BCUT2D eigenvalue weighted by atomic mass is 35.5. The second kappa shape index (κ2) is 13.2. The van der Waals surface area contributed by atoms with Crippen LogP contribution in [-0.4, -0.2) is 31.0 Å². The van der Waals surface area contributed by atoms with Gasteiger partial charge in [0.1, 0.15) is 5.54 Å². The van der Waals surface area contributed by atoms with E-state index in [0.717, 1.165) is 43.6 Å². The minimum absolute atomic E-state index is 0.201. The molecule has 1 aliphatic rings. The van der Waals surface area contributed by atoms with Crippen LogP contribution >= 0.6 is 11.6 Å². The van der Waals surface area contributed by atoms with Gasteiger partial charge in [-0.25, -0.2) is 4.98 Å². The Hall–Kier alpha value is -4.58. The molecule has 224 valence electrons. The van der Waals surface area contributed by atoms with Gasteiger partial charge in [0.2, 0.25) is 0 Å². The number of rotatable bonds is 10. The molecule has 3 aromatic heterocycles. The molecule has 0 aliphatic heterocycles. The first-order valence-corrected chi connectivity index (χ1v) is 16.1. The van der Waals surface area contributed by atoms with Gasteiger partial charge < -0.3 is 4.57 Å². The zero-order valence-corrected chi connectivity index (χ0v) is 26.0. The summed E-state index contributed by atoms with van der Waals surface area (Å²) in [5, 5.41) is 0.696. The van der Waals surface area contributed by atoms with Gasteiger partial charge in [0, 0.05) is 38.1 Å². The molecule has 1 atom stereocenters. The summed E-state index contributed by atoms with van der Waals surface area (Å²) in [7, 11) is 0. The van der Waals surface area contributed by atoms with Crippen molar-refractivity contribution in [3.8, 4) is 0 Å². The van der Waals surface area contributed by atoms with Gasteiger partial charge in [-0.1, -0.05) is 109 Å². The monoisotopic (exact) mass is 609 g/mol. The van der Waals surface area contributed by atoms with Gasteiger partial charge in [0.15, 0.2) is 0 Å². The Labute approximate surface area is 270 Å². The lowest BCUT2D eigenvalue weighted by Gasteiger charge is -2.37. The number of hydrogen-bond acceptors (Lipinski definition) is 4. The van der Waals surface area contributed by atoms with Crippen molar-refractivity contribution in [3.05, 3.63) is 185 Å². The molecular formula is C39H36ClN5. The molecule has 45 heavy (non-hydrogen) atoms. The Kier molecular flexibility index (Phi) is 8.54. The predicted molar refractivity (Wildman–Crippen MR) is 180 cm³/mol. The van der Waals surface area contributed by atoms with Crippen LogP contribution in [0.5, 0.6) is 0 Å². The third-order valence-electron chi connectivity index (χ3n) is 9.05. The lowest BCUT2D eigenvalue weighted by molar-refractivity contribution is 0.165. The van der Waals surface area contributed by atoms with E-state index in [-0.39, 0.29) is 6.04 Å². The van der Waals surface area contributed by atoms with Crippen molar-refractivity contribution in [2.75, 3.05) is 6.54 Å². The van der Waals surface area contributed by atoms with Crippen molar-refractivity contribution in [2.45, 2.75) is 43.8 Å². The van der Waals surface area contributed by atoms with Gasteiger partial charge in [0.05, 0.1) is 34.5 Å². The number of nitrogens with zero attached hydrogens (tertiary/aromatic N) is 5. The Morgan fingerprint density at radius 3 is 2.00 bits per heavy atom. The summed E-state index contributed by atoms with van der Waals surface area (Å²) >= 11 is 6.63. The first-order valence-electron chi connectivity index (χ1n) is 15.7. The Morgan fingerprint density at radius 2 is 1.36 bits per heavy atom. The van der Waals surface area contributed by atoms with E-state index < -0.39 is 5.54 Å². The van der Waals surface area contributed by atoms with Crippen molar-refractivity contribution in [1.29, 1.82) is 0 Å². The number of aromatic nitrogens is 4. The number of benzene rings is 3. The van der Waals surface area contributed by atoms with Crippen LogP contribution in [0.1, 0.15) is 58.2 Å². The molecule has 6 heteroatoms. The first-order chi connectivity index (χ1) is 22.2. The smallest absolute Gasteiger partial charge is 0.121 e. The lowest BCUT2D eigenvalue weighted by Crippen LogP contribution is -2.37. The molecule has 0 fully saturated rings. The van der Waals surface area contributed by atoms with Gasteiger partial charge in [-0.3, -0.25) is 14.9 Å². The normalized spacial score (nSPS) is 14.8. The van der Waals surface area contributed by atoms with Crippen molar-refractivity contribution >= 4 is 11.6 Å². The average Bonchev–Trinajstić information content (AvgIpc) is 3.58. The molecule has 0 bridgehead atoms. The molecule has 0 radical (unpaired) electrons. The highest BCUT2D eigenvalue weighted by Gasteiger charge is 2.38. The Morgan fingerprint density at radius 1 is 0.733 bits per heavy atom. The second-order valence-corrected chi connectivity index (χ2v) is 12.1. The SMILES string of the molecule is Clc1cccnc1CN(CCc1cn(C(c2ccccc2)(c2ccccc2)c2ccccc2)cn1)[C@H]1CCCc2cccnc21. The number of fused-ring (bicyclic) bond motifs is 1. The maximum atomic E-state index is 6.63. The van der Waals surface area contributed by atoms with Gasteiger partial charge >= 0.3 is 0 Å². The molecule has 1 aliphatic carbocycles. The third-order valence-corrected chi connectivity index (χ3v) is 9.39. The van der Waals surface area contributed by atoms with E-state index in [1.807, 2.05) is 36.9 Å². The second-order valence-electron chi connectivity index (χ2n) is 11.7. The fourth-order valence-electron chi connectivity index (χ4n) is 6.93. The summed E-state index contributed by atoms with van der Waals surface area (Å²) in [6.07, 6.45) is 12.0. The number of hydrogen-bond donors (Lipinski definition) is 0. The average molecular weight is 610 g/mol. The number of aryl methyl sites for hydroxylation is 1. The summed E-state index contributed by atoms with van der Waals surface area (Å²) in [6.45, 7) is 1.46. The molecule has 6 aromatic rings. The zero-order valence-electron chi connectivity index (χ0n) is 25.2. The highest BCUT2D eigenvalue weighted by molar-refractivity contribution is 6.31. The van der Waals surface area contributed by atoms with Crippen molar-refractivity contribution < 1.29 is 0 Å². The van der Waals surface area contributed by atoms with Crippen LogP contribution in [0, 0.1) is 0 Å². The number of halogens is 1. The van der Waals surface area contributed by atoms with Crippen LogP contribution in [0.2, 0.25) is 5.02 Å². The topological polar surface area (TPSA) is 46.8 Å². The first kappa shape index (κ1) is 29.1. The molecule has 3 heterocycles. The van der Waals surface area contributed by atoms with E-state index in [1.165, 1.54) is 27.9 Å². The fraction of sp³-hybridized carbons (Fsp3) is 0.205. The molecular weight excluding hydrogens is 574 g/mol. The standard InChI is InChI=1S/C39H36ClN5/c40-35-21-12-24-41-36(35)28-44(37-22-10-13-30-14-11-25-42-38(30)37)26-23-34-27-45(29-43-34)39(31-15-4-1-5-16-31,32-17-6-2-7-18-32)33-19-8-3-9-20-33/h1-9,11-12,14-21,24-25,27,29,37H,10,13,22-23,26,28H2/t37-/m0/s1. The molecule has 0 amide bonds. The van der Waals surface area contributed by atoms with Crippen molar-refractivity contribution in [1.82, 2.24) is 24.4 Å². The van der Waals surface area contributed by atoms with E-state index in [2.05, 4.69) is 118 Å². The van der Waals surface area contributed by atoms with Gasteiger partial charge in [-0.15, -0.1) is 0 Å². The zero-order chi connectivity index (χ0) is 30.5. The maximum absolute atomic E-state index is 6.63. The largest absolute Gasteiger partial charge is 0.319 e. The Balaban J connectivity index is 1.26. The molecule has 5 nitrogen and oxygen atoms in total. The van der Waals surface area contributed by atoms with Gasteiger partial charge in [0.25, 0.3) is 0 Å². The minimum Gasteiger partial charge on any atom is -0.319 e. The predicted octanol–water partition coefficient (Wildman–Crippen LogP) is 8.29. The van der Waals surface area contributed by atoms with Crippen molar-refractivity contribution in [2.24, 2.45) is 0 Å². The fourth-order valence-corrected chi connectivity index (χ4v) is 7.11. The summed E-state index contributed by atoms with van der Waals surface area (Å²) < 4.78 is 2.29. The van der Waals surface area contributed by atoms with E-state index >= 15 is 0 Å². The van der Waals surface area contributed by atoms with Gasteiger partial charge in [-0.2, -0.15) is 0 Å². The molecule has 3 aromatic carbocycles. The molecule has 0 spiro atoms. The molecule has 0 saturated heterocycles. The maximum Gasteiger partial charge on any atom is 0.121 e. The van der Waals surface area contributed by atoms with Crippen LogP contribution in [0.4, 0.5) is 0 Å². The molecule has 0 unspecified atom stereocenters. The summed E-state index contributed by atoms with van der Waals surface area (Å²) in [6, 6.07) is 40.5. The van der Waals surface area contributed by atoms with Crippen LogP contribution in [0.15, 0.2) is 140 Å². The van der Waals surface area contributed by atoms with Crippen LogP contribution in [0.3, 0.4) is 0 Å². The summed E-state index contributed by atoms with van der Waals surface area (Å²) in [5.74, 6) is 0. The van der Waals surface area contributed by atoms with Crippen LogP contribution in [0.25, 0.3) is 0 Å². The molecule has 7 rings (SSSR count). The third kappa shape index (κ3) is 5.82. The van der Waals surface area contributed by atoms with Crippen LogP contribution < -0.4 is 0 Å². The van der Waals surface area contributed by atoms with Crippen molar-refractivity contribution in [3.63, 3.8) is 0 Å². The molecule has 0 saturated carbocycles. The lowest BCUT2D eigenvalue weighted by atomic mass is 9.77. The number of pyridine rings is 2. The number of imidazole rings is 1. The summed E-state index contributed by atoms with van der Waals surface area (Å²) in [4.78, 5) is 17.0. The molecule has 0 N–H and O–H groups in total. The van der Waals surface area contributed by atoms with Gasteiger partial charge in [-0.05, 0) is 59.7 Å². The van der Waals surface area contributed by atoms with E-state index in [0.29, 0.717) is 11.6 Å².